The van der Waals surface area contributed by atoms with Crippen molar-refractivity contribution in [1.29, 1.82) is 0 Å². The molecule has 0 atom stereocenters. The van der Waals surface area contributed by atoms with Gasteiger partial charge in [-0.25, -0.2) is 0 Å². The second-order valence-corrected chi connectivity index (χ2v) is 4.65. The standard InChI is InChI=1S/C14H17NO3/c1-10-5-7-12(8-6-10)15-13(16)9-18-14(17)11-3-2-4-11/h5-8,11H,2-4,9H2,1H3,(H,15,16). The first kappa shape index (κ1) is 12.6. The average molecular weight is 247 g/mol. The molecule has 4 nitrogen and oxygen atoms in total. The van der Waals surface area contributed by atoms with Gasteiger partial charge in [0, 0.05) is 5.69 Å². The molecule has 0 radical (unpaired) electrons. The van der Waals surface area contributed by atoms with Crippen LogP contribution in [0.15, 0.2) is 24.3 Å². The summed E-state index contributed by atoms with van der Waals surface area (Å²) in [5.74, 6) is -0.538. The zero-order chi connectivity index (χ0) is 13.0. The predicted octanol–water partition coefficient (Wildman–Crippen LogP) is 2.28. The molecule has 0 spiro atoms. The Morgan fingerprint density at radius 3 is 2.50 bits per heavy atom. The summed E-state index contributed by atoms with van der Waals surface area (Å²) in [4.78, 5) is 23.0. The Kier molecular flexibility index (Phi) is 3.97. The third kappa shape index (κ3) is 3.32. The van der Waals surface area contributed by atoms with E-state index in [0.29, 0.717) is 5.69 Å². The van der Waals surface area contributed by atoms with Crippen molar-refractivity contribution in [3.8, 4) is 0 Å². The first-order valence-corrected chi connectivity index (χ1v) is 6.18. The number of rotatable bonds is 4. The lowest BCUT2D eigenvalue weighted by atomic mass is 9.86. The van der Waals surface area contributed by atoms with Crippen molar-refractivity contribution in [2.24, 2.45) is 5.92 Å². The van der Waals surface area contributed by atoms with E-state index in [4.69, 9.17) is 4.74 Å². The van der Waals surface area contributed by atoms with E-state index in [1.807, 2.05) is 31.2 Å². The molecule has 0 bridgehead atoms. The highest BCUT2D eigenvalue weighted by molar-refractivity contribution is 5.92. The number of hydrogen-bond acceptors (Lipinski definition) is 3. The average Bonchev–Trinajstić information content (AvgIpc) is 2.27. The second-order valence-electron chi connectivity index (χ2n) is 4.65. The van der Waals surface area contributed by atoms with Crippen LogP contribution in [0, 0.1) is 12.8 Å². The SMILES string of the molecule is Cc1ccc(NC(=O)COC(=O)C2CCC2)cc1. The van der Waals surface area contributed by atoms with Crippen molar-refractivity contribution in [1.82, 2.24) is 0 Å². The molecule has 2 rings (SSSR count). The minimum atomic E-state index is -0.300. The van der Waals surface area contributed by atoms with Crippen molar-refractivity contribution < 1.29 is 14.3 Å². The van der Waals surface area contributed by atoms with Gasteiger partial charge in [0.2, 0.25) is 0 Å². The van der Waals surface area contributed by atoms with Crippen LogP contribution in [0.1, 0.15) is 24.8 Å². The van der Waals surface area contributed by atoms with Crippen molar-refractivity contribution in [3.05, 3.63) is 29.8 Å². The fraction of sp³-hybridized carbons (Fsp3) is 0.429. The highest BCUT2D eigenvalue weighted by atomic mass is 16.5. The topological polar surface area (TPSA) is 55.4 Å². The van der Waals surface area contributed by atoms with E-state index >= 15 is 0 Å². The van der Waals surface area contributed by atoms with Gasteiger partial charge in [0.15, 0.2) is 6.61 Å². The fourth-order valence-electron chi connectivity index (χ4n) is 1.73. The molecule has 0 unspecified atom stereocenters. The molecule has 1 aliphatic rings. The summed E-state index contributed by atoms with van der Waals surface area (Å²) < 4.78 is 4.95. The van der Waals surface area contributed by atoms with Gasteiger partial charge in [0.25, 0.3) is 5.91 Å². The molecule has 1 saturated carbocycles. The Hall–Kier alpha value is -1.84. The van der Waals surface area contributed by atoms with Gasteiger partial charge in [-0.2, -0.15) is 0 Å². The van der Waals surface area contributed by atoms with Crippen molar-refractivity contribution in [2.45, 2.75) is 26.2 Å². The fourth-order valence-corrected chi connectivity index (χ4v) is 1.73. The number of esters is 1. The van der Waals surface area contributed by atoms with Crippen molar-refractivity contribution in [3.63, 3.8) is 0 Å². The van der Waals surface area contributed by atoms with Gasteiger partial charge in [-0.1, -0.05) is 24.1 Å². The molecule has 1 fully saturated rings. The van der Waals surface area contributed by atoms with Gasteiger partial charge in [0.05, 0.1) is 5.92 Å². The molecule has 1 aromatic rings. The van der Waals surface area contributed by atoms with Crippen LogP contribution in [0.2, 0.25) is 0 Å². The molecule has 1 amide bonds. The molecule has 0 saturated heterocycles. The summed E-state index contributed by atoms with van der Waals surface area (Å²) >= 11 is 0. The number of amides is 1. The lowest BCUT2D eigenvalue weighted by Crippen LogP contribution is -2.28. The van der Waals surface area contributed by atoms with Gasteiger partial charge in [0.1, 0.15) is 0 Å². The van der Waals surface area contributed by atoms with E-state index in [2.05, 4.69) is 5.32 Å². The van der Waals surface area contributed by atoms with Crippen LogP contribution in [-0.2, 0) is 14.3 Å². The molecular formula is C14H17NO3. The molecule has 1 aromatic carbocycles. The van der Waals surface area contributed by atoms with Gasteiger partial charge in [-0.3, -0.25) is 9.59 Å². The Balaban J connectivity index is 1.74. The summed E-state index contributed by atoms with van der Waals surface area (Å²) in [5.41, 5.74) is 1.84. The summed E-state index contributed by atoms with van der Waals surface area (Å²) in [5, 5.41) is 2.68. The molecule has 1 aliphatic carbocycles. The van der Waals surface area contributed by atoms with Crippen LogP contribution in [0.3, 0.4) is 0 Å². The van der Waals surface area contributed by atoms with Crippen LogP contribution in [0.4, 0.5) is 5.69 Å². The highest BCUT2D eigenvalue weighted by Gasteiger charge is 2.26. The Labute approximate surface area is 106 Å². The Morgan fingerprint density at radius 1 is 1.28 bits per heavy atom. The van der Waals surface area contributed by atoms with Crippen LogP contribution in [0.25, 0.3) is 0 Å². The van der Waals surface area contributed by atoms with Crippen molar-refractivity contribution in [2.75, 3.05) is 11.9 Å². The quantitative estimate of drug-likeness (QED) is 0.830. The lowest BCUT2D eigenvalue weighted by molar-refractivity contribution is -0.154. The monoisotopic (exact) mass is 247 g/mol. The minimum Gasteiger partial charge on any atom is -0.455 e. The second kappa shape index (κ2) is 5.67. The zero-order valence-corrected chi connectivity index (χ0v) is 10.4. The summed E-state index contributed by atoms with van der Waals surface area (Å²) in [6, 6.07) is 7.47. The smallest absolute Gasteiger partial charge is 0.309 e. The van der Waals surface area contributed by atoms with Gasteiger partial charge in [-0.15, -0.1) is 0 Å². The van der Waals surface area contributed by atoms with Gasteiger partial charge < -0.3 is 10.1 Å². The number of hydrogen-bond donors (Lipinski definition) is 1. The number of nitrogens with one attached hydrogen (secondary N) is 1. The Morgan fingerprint density at radius 2 is 1.94 bits per heavy atom. The van der Waals surface area contributed by atoms with Crippen LogP contribution < -0.4 is 5.32 Å². The van der Waals surface area contributed by atoms with Gasteiger partial charge >= 0.3 is 5.97 Å². The molecule has 4 heteroatoms. The molecular weight excluding hydrogens is 230 g/mol. The number of carbonyl (C=O) groups excluding carboxylic acids is 2. The molecule has 0 heterocycles. The first-order chi connectivity index (χ1) is 8.65. The van der Waals surface area contributed by atoms with Crippen molar-refractivity contribution >= 4 is 17.6 Å². The third-order valence-corrected chi connectivity index (χ3v) is 3.12. The van der Waals surface area contributed by atoms with Gasteiger partial charge in [-0.05, 0) is 31.9 Å². The highest BCUT2D eigenvalue weighted by Crippen LogP contribution is 2.27. The summed E-state index contributed by atoms with van der Waals surface area (Å²) in [7, 11) is 0. The number of ether oxygens (including phenoxy) is 1. The summed E-state index contributed by atoms with van der Waals surface area (Å²) in [6.45, 7) is 1.77. The van der Waals surface area contributed by atoms with Crippen LogP contribution >= 0.6 is 0 Å². The molecule has 0 aliphatic heterocycles. The van der Waals surface area contributed by atoms with Crippen LogP contribution in [0.5, 0.6) is 0 Å². The molecule has 18 heavy (non-hydrogen) atoms. The first-order valence-electron chi connectivity index (χ1n) is 6.18. The molecule has 96 valence electrons. The maximum atomic E-state index is 11.5. The molecule has 1 N–H and O–H groups in total. The maximum absolute atomic E-state index is 11.5. The normalized spacial score (nSPS) is 14.7. The predicted molar refractivity (Wildman–Crippen MR) is 68.1 cm³/mol. The van der Waals surface area contributed by atoms with E-state index < -0.39 is 0 Å². The number of carbonyl (C=O) groups is 2. The van der Waals surface area contributed by atoms with E-state index in [9.17, 15) is 9.59 Å². The number of anilines is 1. The van der Waals surface area contributed by atoms with Crippen LogP contribution in [-0.4, -0.2) is 18.5 Å². The minimum absolute atomic E-state index is 0.0113. The Bertz CT molecular complexity index is 435. The van der Waals surface area contributed by atoms with E-state index in [-0.39, 0.29) is 24.4 Å². The third-order valence-electron chi connectivity index (χ3n) is 3.12. The number of aryl methyl sites for hydroxylation is 1. The largest absolute Gasteiger partial charge is 0.455 e. The van der Waals surface area contributed by atoms with E-state index in [1.54, 1.807) is 0 Å². The summed E-state index contributed by atoms with van der Waals surface area (Å²) in [6.07, 6.45) is 2.85. The maximum Gasteiger partial charge on any atom is 0.309 e. The zero-order valence-electron chi connectivity index (χ0n) is 10.4. The number of benzene rings is 1. The van der Waals surface area contributed by atoms with E-state index in [0.717, 1.165) is 24.8 Å². The van der Waals surface area contributed by atoms with E-state index in [1.165, 1.54) is 0 Å². The lowest BCUT2D eigenvalue weighted by Gasteiger charge is -2.22. The molecule has 0 aromatic heterocycles.